The van der Waals surface area contributed by atoms with Gasteiger partial charge in [-0.25, -0.2) is 0 Å². The number of phosphoric acid groups is 1. The molecular weight excluding hydrogens is 912 g/mol. The molecule has 0 bridgehead atoms. The highest BCUT2D eigenvalue weighted by molar-refractivity contribution is 7.45. The summed E-state index contributed by atoms with van der Waals surface area (Å²) in [5.74, 6) is -0.206. The molecule has 3 atom stereocenters. The van der Waals surface area contributed by atoms with E-state index in [1.54, 1.807) is 6.08 Å². The van der Waals surface area contributed by atoms with Crippen molar-refractivity contribution in [3.63, 3.8) is 0 Å². The Bertz CT molecular complexity index is 1270. The molecule has 0 saturated carbocycles. The van der Waals surface area contributed by atoms with E-state index in [2.05, 4.69) is 43.5 Å². The maximum Gasteiger partial charge on any atom is 0.268 e. The quantitative estimate of drug-likeness (QED) is 0.0272. The molecule has 426 valence electrons. The van der Waals surface area contributed by atoms with Gasteiger partial charge in [-0.05, 0) is 57.8 Å². The fourth-order valence-corrected chi connectivity index (χ4v) is 10.1. The first-order valence-corrected chi connectivity index (χ1v) is 32.8. The van der Waals surface area contributed by atoms with E-state index in [9.17, 15) is 19.4 Å². The van der Waals surface area contributed by atoms with Gasteiger partial charge in [0, 0.05) is 6.42 Å². The molecule has 1 amide bonds. The van der Waals surface area contributed by atoms with Gasteiger partial charge in [0.1, 0.15) is 13.2 Å². The van der Waals surface area contributed by atoms with Crippen molar-refractivity contribution in [2.75, 3.05) is 40.9 Å². The van der Waals surface area contributed by atoms with Crippen LogP contribution in [-0.4, -0.2) is 68.5 Å². The van der Waals surface area contributed by atoms with E-state index < -0.39 is 26.6 Å². The van der Waals surface area contributed by atoms with Crippen molar-refractivity contribution < 1.29 is 32.9 Å². The van der Waals surface area contributed by atoms with E-state index in [1.807, 2.05) is 27.2 Å². The molecule has 0 aromatic rings. The lowest BCUT2D eigenvalue weighted by molar-refractivity contribution is -0.870. The second kappa shape index (κ2) is 54.5. The molecule has 0 fully saturated rings. The number of nitrogens with zero attached hydrogens (tertiary/aromatic N) is 1. The standard InChI is InChI=1S/C63H123N2O6P/c1-6-8-10-12-14-16-18-20-22-24-26-27-28-29-30-31-32-33-34-35-36-37-39-40-42-44-46-48-50-52-54-56-62(66)61(60-71-72(68,69)70-59-58-65(3,4)5)64-63(67)57-55-53-51-49-47-45-43-41-38-25-23-21-19-17-15-13-11-9-7-2/h21,23,46,48,54,56,61-62,66H,6-20,22,24-45,47,49-53,55,57-60H2,1-5H3,(H-,64,67,68,69)/b23-21-,48-46+,56-54+. The van der Waals surface area contributed by atoms with Crippen LogP contribution in [0, 0.1) is 0 Å². The molecule has 0 aromatic heterocycles. The zero-order chi connectivity index (χ0) is 52.7. The van der Waals surface area contributed by atoms with Crippen LogP contribution >= 0.6 is 7.82 Å². The van der Waals surface area contributed by atoms with Gasteiger partial charge in [0.05, 0.1) is 39.9 Å². The van der Waals surface area contributed by atoms with Crippen molar-refractivity contribution in [2.24, 2.45) is 0 Å². The molecule has 2 N–H and O–H groups in total. The minimum atomic E-state index is -4.61. The molecule has 0 aliphatic rings. The molecule has 72 heavy (non-hydrogen) atoms. The SMILES string of the molecule is CCCCCCCC/C=C\CCCCCCCCCCCC(=O)NC(COP(=O)([O-])OCC[N+](C)(C)C)C(O)/C=C/CC/C=C/CCCCCCCCCCCCCCCCCCCCCCCCCCC. The number of phosphoric ester groups is 1. The van der Waals surface area contributed by atoms with Crippen molar-refractivity contribution in [2.45, 2.75) is 321 Å². The van der Waals surface area contributed by atoms with E-state index in [0.717, 1.165) is 38.5 Å². The monoisotopic (exact) mass is 1030 g/mol. The lowest BCUT2D eigenvalue weighted by Gasteiger charge is -2.29. The third kappa shape index (κ3) is 56.4. The van der Waals surface area contributed by atoms with E-state index in [4.69, 9.17) is 9.05 Å². The topological polar surface area (TPSA) is 108 Å². The summed E-state index contributed by atoms with van der Waals surface area (Å²) >= 11 is 0. The largest absolute Gasteiger partial charge is 0.756 e. The minimum absolute atomic E-state index is 0.00599. The number of aliphatic hydroxyl groups is 1. The number of hydrogen-bond acceptors (Lipinski definition) is 6. The molecule has 8 nitrogen and oxygen atoms in total. The van der Waals surface area contributed by atoms with Crippen LogP contribution in [0.5, 0.6) is 0 Å². The van der Waals surface area contributed by atoms with Crippen molar-refractivity contribution in [1.29, 1.82) is 0 Å². The fraction of sp³-hybridized carbons (Fsp3) is 0.889. The maximum absolute atomic E-state index is 13.0. The predicted octanol–water partition coefficient (Wildman–Crippen LogP) is 18.7. The molecular formula is C63H123N2O6P. The van der Waals surface area contributed by atoms with Crippen LogP contribution in [0.3, 0.4) is 0 Å². The number of aliphatic hydroxyl groups excluding tert-OH is 1. The number of hydrogen-bond donors (Lipinski definition) is 2. The van der Waals surface area contributed by atoms with Gasteiger partial charge < -0.3 is 28.8 Å². The summed E-state index contributed by atoms with van der Waals surface area (Å²) < 4.78 is 23.4. The highest BCUT2D eigenvalue weighted by Crippen LogP contribution is 2.38. The zero-order valence-corrected chi connectivity index (χ0v) is 49.5. The second-order valence-corrected chi connectivity index (χ2v) is 24.2. The first-order chi connectivity index (χ1) is 35.0. The van der Waals surface area contributed by atoms with Crippen molar-refractivity contribution in [1.82, 2.24) is 5.32 Å². The summed E-state index contributed by atoms with van der Waals surface area (Å²) in [7, 11) is 1.25. The van der Waals surface area contributed by atoms with Crippen LogP contribution in [0.2, 0.25) is 0 Å². The summed E-state index contributed by atoms with van der Waals surface area (Å²) in [5, 5.41) is 13.9. The van der Waals surface area contributed by atoms with Gasteiger partial charge in [-0.15, -0.1) is 0 Å². The average Bonchev–Trinajstić information content (AvgIpc) is 3.34. The summed E-state index contributed by atoms with van der Waals surface area (Å²) in [6.07, 6.45) is 71.1. The Labute approximate surface area is 448 Å². The predicted molar refractivity (Wildman–Crippen MR) is 311 cm³/mol. The number of quaternary nitrogens is 1. The summed E-state index contributed by atoms with van der Waals surface area (Å²) in [5.41, 5.74) is 0. The van der Waals surface area contributed by atoms with E-state index in [-0.39, 0.29) is 12.5 Å². The Hall–Kier alpha value is -1.28. The molecule has 0 aromatic carbocycles. The van der Waals surface area contributed by atoms with E-state index in [1.165, 1.54) is 250 Å². The molecule has 9 heteroatoms. The number of likely N-dealkylation sites (N-methyl/N-ethyl adjacent to an activating group) is 1. The Morgan fingerprint density at radius 3 is 1.12 bits per heavy atom. The van der Waals surface area contributed by atoms with Crippen LogP contribution in [0.1, 0.15) is 309 Å². The van der Waals surface area contributed by atoms with Crippen LogP contribution in [0.15, 0.2) is 36.5 Å². The van der Waals surface area contributed by atoms with Crippen LogP contribution in [0.25, 0.3) is 0 Å². The Balaban J connectivity index is 4.14. The van der Waals surface area contributed by atoms with Gasteiger partial charge in [0.2, 0.25) is 5.91 Å². The maximum atomic E-state index is 13.0. The number of amides is 1. The lowest BCUT2D eigenvalue weighted by Crippen LogP contribution is -2.45. The van der Waals surface area contributed by atoms with Crippen LogP contribution in [-0.2, 0) is 18.4 Å². The lowest BCUT2D eigenvalue weighted by atomic mass is 10.0. The zero-order valence-electron chi connectivity index (χ0n) is 48.6. The Morgan fingerprint density at radius 1 is 0.472 bits per heavy atom. The molecule has 0 saturated heterocycles. The summed E-state index contributed by atoms with van der Waals surface area (Å²) in [6.45, 7) is 4.66. The van der Waals surface area contributed by atoms with E-state index >= 15 is 0 Å². The number of rotatable bonds is 58. The van der Waals surface area contributed by atoms with Gasteiger partial charge in [-0.3, -0.25) is 9.36 Å². The number of nitrogens with one attached hydrogen (secondary N) is 1. The molecule has 0 heterocycles. The average molecular weight is 1040 g/mol. The number of carbonyl (C=O) groups is 1. The Kier molecular flexibility index (Phi) is 53.5. The number of unbranched alkanes of at least 4 members (excludes halogenated alkanes) is 41. The second-order valence-electron chi connectivity index (χ2n) is 22.8. The smallest absolute Gasteiger partial charge is 0.268 e. The molecule has 3 unspecified atom stereocenters. The third-order valence-electron chi connectivity index (χ3n) is 14.3. The van der Waals surface area contributed by atoms with Gasteiger partial charge in [-0.2, -0.15) is 0 Å². The first-order valence-electron chi connectivity index (χ1n) is 31.4. The van der Waals surface area contributed by atoms with Gasteiger partial charge in [0.25, 0.3) is 7.82 Å². The van der Waals surface area contributed by atoms with Crippen molar-refractivity contribution >= 4 is 13.7 Å². The molecule has 0 rings (SSSR count). The molecule has 0 radical (unpaired) electrons. The Morgan fingerprint density at radius 2 is 0.778 bits per heavy atom. The summed E-state index contributed by atoms with van der Waals surface area (Å²) in [4.78, 5) is 25.5. The van der Waals surface area contributed by atoms with Gasteiger partial charge in [0.15, 0.2) is 0 Å². The van der Waals surface area contributed by atoms with Crippen LogP contribution in [0.4, 0.5) is 0 Å². The molecule has 0 aliphatic carbocycles. The highest BCUT2D eigenvalue weighted by atomic mass is 31.2. The fourth-order valence-electron chi connectivity index (χ4n) is 9.40. The first kappa shape index (κ1) is 70.7. The summed E-state index contributed by atoms with van der Waals surface area (Å²) in [6, 6.07) is -0.905. The molecule has 0 spiro atoms. The van der Waals surface area contributed by atoms with Gasteiger partial charge >= 0.3 is 0 Å². The number of carbonyl (C=O) groups excluding carboxylic acids is 1. The number of allylic oxidation sites excluding steroid dienone is 5. The van der Waals surface area contributed by atoms with E-state index in [0.29, 0.717) is 17.4 Å². The normalized spacial score (nSPS) is 14.0. The minimum Gasteiger partial charge on any atom is -0.756 e. The molecule has 0 aliphatic heterocycles. The van der Waals surface area contributed by atoms with Gasteiger partial charge in [-0.1, -0.05) is 281 Å². The van der Waals surface area contributed by atoms with Crippen molar-refractivity contribution in [3.8, 4) is 0 Å². The highest BCUT2D eigenvalue weighted by Gasteiger charge is 2.23. The van der Waals surface area contributed by atoms with Crippen molar-refractivity contribution in [3.05, 3.63) is 36.5 Å². The third-order valence-corrected chi connectivity index (χ3v) is 15.3. The van der Waals surface area contributed by atoms with Crippen LogP contribution < -0.4 is 10.2 Å².